The lowest BCUT2D eigenvalue weighted by molar-refractivity contribution is 0.0696. The minimum atomic E-state index is -3.71. The highest BCUT2D eigenvalue weighted by atomic mass is 79.9. The van der Waals surface area contributed by atoms with Crippen LogP contribution in [-0.2, 0) is 14.8 Å². The highest BCUT2D eigenvalue weighted by Gasteiger charge is 2.42. The van der Waals surface area contributed by atoms with E-state index in [9.17, 15) is 13.2 Å². The second-order valence-electron chi connectivity index (χ2n) is 5.29. The first-order valence-electron chi connectivity index (χ1n) is 6.57. The molecule has 3 rings (SSSR count). The van der Waals surface area contributed by atoms with Crippen molar-refractivity contribution in [2.24, 2.45) is 0 Å². The van der Waals surface area contributed by atoms with Crippen LogP contribution < -0.4 is 4.72 Å². The van der Waals surface area contributed by atoms with Crippen LogP contribution in [0.2, 0.25) is 0 Å². The largest absolute Gasteiger partial charge is 0.478 e. The second-order valence-corrected chi connectivity index (χ2v) is 7.82. The molecule has 0 saturated carbocycles. The molecular weight excluding hydrogens is 362 g/mol. The standard InChI is InChI=1S/C13H14BrNO5S/c14-9-5-7(13(16)17)1-4-12(9)21(18,19)15-10-6-8-2-3-11(10)20-8/h1,4-5,8,10-11,15H,2-3,6H2,(H,16,17). The van der Waals surface area contributed by atoms with Crippen molar-refractivity contribution < 1.29 is 23.1 Å². The molecule has 6 nitrogen and oxygen atoms in total. The number of sulfonamides is 1. The van der Waals surface area contributed by atoms with Crippen LogP contribution in [0.3, 0.4) is 0 Å². The first kappa shape index (κ1) is 15.0. The fourth-order valence-electron chi connectivity index (χ4n) is 2.88. The highest BCUT2D eigenvalue weighted by molar-refractivity contribution is 9.10. The van der Waals surface area contributed by atoms with Gasteiger partial charge in [-0.25, -0.2) is 17.9 Å². The Labute approximate surface area is 130 Å². The maximum atomic E-state index is 12.4. The molecule has 2 saturated heterocycles. The number of aromatic carboxylic acids is 1. The first-order valence-corrected chi connectivity index (χ1v) is 8.85. The number of hydrogen-bond acceptors (Lipinski definition) is 4. The summed E-state index contributed by atoms with van der Waals surface area (Å²) in [5.74, 6) is -1.10. The van der Waals surface area contributed by atoms with Crippen LogP contribution in [0.4, 0.5) is 0 Å². The average Bonchev–Trinajstić information content (AvgIpc) is 2.99. The summed E-state index contributed by atoms with van der Waals surface area (Å²) in [4.78, 5) is 10.9. The number of carbonyl (C=O) groups is 1. The van der Waals surface area contributed by atoms with Crippen molar-refractivity contribution in [3.05, 3.63) is 28.2 Å². The van der Waals surface area contributed by atoms with E-state index in [0.717, 1.165) is 12.8 Å². The van der Waals surface area contributed by atoms with Gasteiger partial charge in [0.05, 0.1) is 28.7 Å². The van der Waals surface area contributed by atoms with Crippen LogP contribution in [0.5, 0.6) is 0 Å². The van der Waals surface area contributed by atoms with Crippen molar-refractivity contribution in [1.82, 2.24) is 4.72 Å². The van der Waals surface area contributed by atoms with E-state index in [-0.39, 0.29) is 33.2 Å². The van der Waals surface area contributed by atoms with Gasteiger partial charge in [-0.2, -0.15) is 0 Å². The Morgan fingerprint density at radius 1 is 1.38 bits per heavy atom. The third-order valence-electron chi connectivity index (χ3n) is 3.88. The number of fused-ring (bicyclic) bond motifs is 2. The lowest BCUT2D eigenvalue weighted by Crippen LogP contribution is -2.41. The maximum absolute atomic E-state index is 12.4. The van der Waals surface area contributed by atoms with Gasteiger partial charge >= 0.3 is 5.97 Å². The van der Waals surface area contributed by atoms with Gasteiger partial charge in [-0.05, 0) is 53.4 Å². The van der Waals surface area contributed by atoms with Gasteiger partial charge in [-0.1, -0.05) is 0 Å². The number of ether oxygens (including phenoxy) is 1. The summed E-state index contributed by atoms with van der Waals surface area (Å²) < 4.78 is 33.4. The predicted octanol–water partition coefficient (Wildman–Crippen LogP) is 1.75. The summed E-state index contributed by atoms with van der Waals surface area (Å²) >= 11 is 3.13. The van der Waals surface area contributed by atoms with Gasteiger partial charge < -0.3 is 9.84 Å². The minimum Gasteiger partial charge on any atom is -0.478 e. The molecule has 114 valence electrons. The Morgan fingerprint density at radius 3 is 2.67 bits per heavy atom. The van der Waals surface area contributed by atoms with Crippen molar-refractivity contribution in [3.63, 3.8) is 0 Å². The highest BCUT2D eigenvalue weighted by Crippen LogP contribution is 2.35. The zero-order valence-electron chi connectivity index (χ0n) is 11.0. The monoisotopic (exact) mass is 375 g/mol. The van der Waals surface area contributed by atoms with Gasteiger partial charge in [0.2, 0.25) is 10.0 Å². The molecule has 0 spiro atoms. The zero-order valence-corrected chi connectivity index (χ0v) is 13.4. The van der Waals surface area contributed by atoms with Gasteiger partial charge in [-0.15, -0.1) is 0 Å². The number of benzene rings is 1. The van der Waals surface area contributed by atoms with E-state index in [1.165, 1.54) is 18.2 Å². The van der Waals surface area contributed by atoms with E-state index in [0.29, 0.717) is 6.42 Å². The number of rotatable bonds is 4. The molecular formula is C13H14BrNO5S. The zero-order chi connectivity index (χ0) is 15.2. The Kier molecular flexibility index (Phi) is 3.81. The summed E-state index contributed by atoms with van der Waals surface area (Å²) in [6.45, 7) is 0. The molecule has 1 aromatic rings. The first-order chi connectivity index (χ1) is 9.87. The van der Waals surface area contributed by atoms with Gasteiger partial charge in [-0.3, -0.25) is 0 Å². The van der Waals surface area contributed by atoms with Crippen LogP contribution in [0.25, 0.3) is 0 Å². The molecule has 2 aliphatic heterocycles. The van der Waals surface area contributed by atoms with E-state index in [2.05, 4.69) is 20.7 Å². The van der Waals surface area contributed by atoms with Crippen molar-refractivity contribution >= 4 is 31.9 Å². The van der Waals surface area contributed by atoms with Crippen LogP contribution in [0, 0.1) is 0 Å². The number of halogens is 1. The molecule has 3 atom stereocenters. The Bertz CT molecular complexity index is 690. The number of carboxylic acids is 1. The van der Waals surface area contributed by atoms with E-state index < -0.39 is 16.0 Å². The summed E-state index contributed by atoms with van der Waals surface area (Å²) in [5.41, 5.74) is 0.0316. The smallest absolute Gasteiger partial charge is 0.335 e. The lowest BCUT2D eigenvalue weighted by atomic mass is 9.96. The van der Waals surface area contributed by atoms with E-state index in [4.69, 9.17) is 9.84 Å². The summed E-state index contributed by atoms with van der Waals surface area (Å²) in [7, 11) is -3.71. The minimum absolute atomic E-state index is 0.0316. The molecule has 0 amide bonds. The third kappa shape index (κ3) is 2.85. The molecule has 0 radical (unpaired) electrons. The van der Waals surface area contributed by atoms with Crippen LogP contribution in [0.15, 0.2) is 27.6 Å². The molecule has 2 aliphatic rings. The van der Waals surface area contributed by atoms with Crippen molar-refractivity contribution in [3.8, 4) is 0 Å². The van der Waals surface area contributed by atoms with Crippen molar-refractivity contribution in [2.45, 2.75) is 42.4 Å². The second kappa shape index (κ2) is 5.35. The van der Waals surface area contributed by atoms with Crippen molar-refractivity contribution in [1.29, 1.82) is 0 Å². The quantitative estimate of drug-likeness (QED) is 0.835. The normalized spacial score (nSPS) is 28.0. The molecule has 8 heteroatoms. The summed E-state index contributed by atoms with van der Waals surface area (Å²) in [6, 6.07) is 3.65. The van der Waals surface area contributed by atoms with Gasteiger partial charge in [0.1, 0.15) is 0 Å². The number of carboxylic acid groups (broad SMARTS) is 1. The Morgan fingerprint density at radius 2 is 2.14 bits per heavy atom. The fraction of sp³-hybridized carbons (Fsp3) is 0.462. The van der Waals surface area contributed by atoms with Crippen LogP contribution in [-0.4, -0.2) is 37.7 Å². The van der Waals surface area contributed by atoms with E-state index in [1.807, 2.05) is 0 Å². The molecule has 2 bridgehead atoms. The SMILES string of the molecule is O=C(O)c1ccc(S(=O)(=O)NC2CC3CCC2O3)c(Br)c1. The Hall–Kier alpha value is -0.960. The van der Waals surface area contributed by atoms with Gasteiger partial charge in [0.25, 0.3) is 0 Å². The molecule has 0 aliphatic carbocycles. The van der Waals surface area contributed by atoms with Gasteiger partial charge in [0.15, 0.2) is 0 Å². The number of hydrogen-bond donors (Lipinski definition) is 2. The van der Waals surface area contributed by atoms with Gasteiger partial charge in [0, 0.05) is 4.47 Å². The number of nitrogens with one attached hydrogen (secondary N) is 1. The average molecular weight is 376 g/mol. The van der Waals surface area contributed by atoms with Crippen LogP contribution >= 0.6 is 15.9 Å². The summed E-state index contributed by atoms with van der Waals surface area (Å²) in [5, 5.41) is 8.90. The topological polar surface area (TPSA) is 92.7 Å². The molecule has 1 aromatic carbocycles. The van der Waals surface area contributed by atoms with Crippen molar-refractivity contribution in [2.75, 3.05) is 0 Å². The lowest BCUT2D eigenvalue weighted by Gasteiger charge is -2.20. The molecule has 2 N–H and O–H groups in total. The molecule has 2 fully saturated rings. The Balaban J connectivity index is 1.83. The van der Waals surface area contributed by atoms with Crippen LogP contribution in [0.1, 0.15) is 29.6 Å². The molecule has 0 aromatic heterocycles. The molecule has 2 heterocycles. The predicted molar refractivity (Wildman–Crippen MR) is 77.7 cm³/mol. The molecule has 3 unspecified atom stereocenters. The fourth-order valence-corrected chi connectivity index (χ4v) is 5.23. The van der Waals surface area contributed by atoms with E-state index in [1.54, 1.807) is 0 Å². The van der Waals surface area contributed by atoms with E-state index >= 15 is 0 Å². The maximum Gasteiger partial charge on any atom is 0.335 e. The molecule has 21 heavy (non-hydrogen) atoms. The summed E-state index contributed by atoms with van der Waals surface area (Å²) in [6.07, 6.45) is 2.65. The third-order valence-corrected chi connectivity index (χ3v) is 6.35.